The van der Waals surface area contributed by atoms with Gasteiger partial charge in [0.15, 0.2) is 5.78 Å². The van der Waals surface area contributed by atoms with Gasteiger partial charge in [0.2, 0.25) is 0 Å². The van der Waals surface area contributed by atoms with Crippen LogP contribution in [-0.4, -0.2) is 54.6 Å². The highest BCUT2D eigenvalue weighted by atomic mass is 16.5. The first-order valence-corrected chi connectivity index (χ1v) is 6.84. The van der Waals surface area contributed by atoms with E-state index in [0.717, 1.165) is 13.1 Å². The lowest BCUT2D eigenvalue weighted by Crippen LogP contribution is -2.42. The Morgan fingerprint density at radius 3 is 2.70 bits per heavy atom. The maximum absolute atomic E-state index is 12.5. The summed E-state index contributed by atoms with van der Waals surface area (Å²) in [5.74, 6) is -2.16. The van der Waals surface area contributed by atoms with Crippen molar-refractivity contribution in [3.63, 3.8) is 0 Å². The standard InChI is InChI=1S/C15H17NO4/c17-14-11-4-2-1-3-10(11)13(15(18)19)12(14)9-16-5-7-20-8-6-16/h1-4,12-13H,5-9H2,(H,18,19). The maximum atomic E-state index is 12.5. The lowest BCUT2D eigenvalue weighted by molar-refractivity contribution is -0.139. The maximum Gasteiger partial charge on any atom is 0.311 e. The lowest BCUT2D eigenvalue weighted by atomic mass is 9.91. The zero-order valence-electron chi connectivity index (χ0n) is 11.1. The highest BCUT2D eigenvalue weighted by Crippen LogP contribution is 2.38. The van der Waals surface area contributed by atoms with Crippen LogP contribution in [0.4, 0.5) is 0 Å². The van der Waals surface area contributed by atoms with Crippen LogP contribution < -0.4 is 0 Å². The van der Waals surface area contributed by atoms with Crippen molar-refractivity contribution in [2.75, 3.05) is 32.8 Å². The van der Waals surface area contributed by atoms with Crippen molar-refractivity contribution < 1.29 is 19.4 Å². The first kappa shape index (κ1) is 13.3. The molecule has 1 fully saturated rings. The third kappa shape index (κ3) is 2.23. The van der Waals surface area contributed by atoms with Crippen molar-refractivity contribution in [2.45, 2.75) is 5.92 Å². The fourth-order valence-corrected chi connectivity index (χ4v) is 3.12. The number of carboxylic acid groups (broad SMARTS) is 1. The van der Waals surface area contributed by atoms with Crippen molar-refractivity contribution in [3.05, 3.63) is 35.4 Å². The molecule has 0 amide bonds. The van der Waals surface area contributed by atoms with Gasteiger partial charge in [0.25, 0.3) is 0 Å². The van der Waals surface area contributed by atoms with Gasteiger partial charge in [0.05, 0.1) is 25.0 Å². The molecule has 0 bridgehead atoms. The number of fused-ring (bicyclic) bond motifs is 1. The molecule has 20 heavy (non-hydrogen) atoms. The first-order valence-electron chi connectivity index (χ1n) is 6.84. The van der Waals surface area contributed by atoms with Gasteiger partial charge < -0.3 is 9.84 Å². The summed E-state index contributed by atoms with van der Waals surface area (Å²) in [4.78, 5) is 26.1. The Morgan fingerprint density at radius 2 is 2.00 bits per heavy atom. The van der Waals surface area contributed by atoms with Crippen molar-refractivity contribution in [1.29, 1.82) is 0 Å². The van der Waals surface area contributed by atoms with Crippen LogP contribution in [-0.2, 0) is 9.53 Å². The number of hydrogen-bond acceptors (Lipinski definition) is 4. The van der Waals surface area contributed by atoms with Crippen molar-refractivity contribution in [3.8, 4) is 0 Å². The summed E-state index contributed by atoms with van der Waals surface area (Å²) in [7, 11) is 0. The largest absolute Gasteiger partial charge is 0.481 e. The van der Waals surface area contributed by atoms with Gasteiger partial charge in [0.1, 0.15) is 0 Å². The van der Waals surface area contributed by atoms with E-state index in [1.807, 2.05) is 0 Å². The van der Waals surface area contributed by atoms with Crippen molar-refractivity contribution >= 4 is 11.8 Å². The van der Waals surface area contributed by atoms with Crippen LogP contribution in [0.1, 0.15) is 21.8 Å². The normalized spacial score (nSPS) is 26.5. The number of ketones is 1. The predicted octanol–water partition coefficient (Wildman–Crippen LogP) is 1.000. The van der Waals surface area contributed by atoms with E-state index in [-0.39, 0.29) is 5.78 Å². The molecule has 0 saturated carbocycles. The number of hydrogen-bond donors (Lipinski definition) is 1. The number of morpholine rings is 1. The second-order valence-corrected chi connectivity index (χ2v) is 5.29. The molecule has 1 aliphatic heterocycles. The number of carboxylic acids is 1. The van der Waals surface area contributed by atoms with Gasteiger partial charge in [0, 0.05) is 25.2 Å². The molecule has 2 aliphatic rings. The molecule has 5 heteroatoms. The molecule has 1 heterocycles. The Labute approximate surface area is 117 Å². The summed E-state index contributed by atoms with van der Waals surface area (Å²) in [5, 5.41) is 9.48. The summed E-state index contributed by atoms with van der Waals surface area (Å²) < 4.78 is 5.28. The predicted molar refractivity (Wildman–Crippen MR) is 71.9 cm³/mol. The summed E-state index contributed by atoms with van der Waals surface area (Å²) in [5.41, 5.74) is 1.22. The van der Waals surface area contributed by atoms with Crippen molar-refractivity contribution in [2.24, 2.45) is 5.92 Å². The van der Waals surface area contributed by atoms with E-state index >= 15 is 0 Å². The highest BCUT2D eigenvalue weighted by Gasteiger charge is 2.44. The highest BCUT2D eigenvalue weighted by molar-refractivity contribution is 6.07. The van der Waals surface area contributed by atoms with Gasteiger partial charge in [-0.25, -0.2) is 0 Å². The van der Waals surface area contributed by atoms with E-state index in [4.69, 9.17) is 4.74 Å². The van der Waals surface area contributed by atoms with Crippen LogP contribution in [0.5, 0.6) is 0 Å². The molecule has 0 aromatic heterocycles. The quantitative estimate of drug-likeness (QED) is 0.891. The lowest BCUT2D eigenvalue weighted by Gasteiger charge is -2.29. The molecule has 3 rings (SSSR count). The van der Waals surface area contributed by atoms with Gasteiger partial charge in [-0.1, -0.05) is 24.3 Å². The second kappa shape index (κ2) is 5.34. The topological polar surface area (TPSA) is 66.8 Å². The third-order valence-corrected chi connectivity index (χ3v) is 4.13. The first-order chi connectivity index (χ1) is 9.68. The Balaban J connectivity index is 1.86. The monoisotopic (exact) mass is 275 g/mol. The number of aliphatic carboxylic acids is 1. The van der Waals surface area contributed by atoms with Gasteiger partial charge in [-0.2, -0.15) is 0 Å². The molecule has 1 aromatic carbocycles. The minimum atomic E-state index is -0.915. The van der Waals surface area contributed by atoms with E-state index in [0.29, 0.717) is 30.9 Å². The molecule has 2 atom stereocenters. The van der Waals surface area contributed by atoms with Crippen LogP contribution in [0.2, 0.25) is 0 Å². The molecular formula is C15H17NO4. The third-order valence-electron chi connectivity index (χ3n) is 4.13. The fourth-order valence-electron chi connectivity index (χ4n) is 3.12. The van der Waals surface area contributed by atoms with Gasteiger partial charge in [-0.05, 0) is 5.56 Å². The average Bonchev–Trinajstić information content (AvgIpc) is 2.74. The fraction of sp³-hybridized carbons (Fsp3) is 0.467. The SMILES string of the molecule is O=C1c2ccccc2C(C(=O)O)C1CN1CCOCC1. The van der Waals surface area contributed by atoms with Crippen LogP contribution in [0.25, 0.3) is 0 Å². The van der Waals surface area contributed by atoms with Crippen LogP contribution >= 0.6 is 0 Å². The number of benzene rings is 1. The van der Waals surface area contributed by atoms with Crippen LogP contribution in [0, 0.1) is 5.92 Å². The van der Waals surface area contributed by atoms with E-state index in [2.05, 4.69) is 4.90 Å². The molecular weight excluding hydrogens is 258 g/mol. The molecule has 5 nitrogen and oxygen atoms in total. The average molecular weight is 275 g/mol. The van der Waals surface area contributed by atoms with Gasteiger partial charge in [-0.3, -0.25) is 14.5 Å². The zero-order chi connectivity index (χ0) is 14.1. The van der Waals surface area contributed by atoms with E-state index < -0.39 is 17.8 Å². The number of Topliss-reactive ketones (excluding diaryl/α,β-unsaturated/α-hetero) is 1. The number of nitrogens with zero attached hydrogens (tertiary/aromatic N) is 1. The Kier molecular flexibility index (Phi) is 3.54. The van der Waals surface area contributed by atoms with Gasteiger partial charge in [-0.15, -0.1) is 0 Å². The summed E-state index contributed by atoms with van der Waals surface area (Å²) in [6, 6.07) is 7.06. The van der Waals surface area contributed by atoms with Crippen molar-refractivity contribution in [1.82, 2.24) is 4.90 Å². The molecule has 1 aliphatic carbocycles. The van der Waals surface area contributed by atoms with E-state index in [1.165, 1.54) is 0 Å². The number of carbonyl (C=O) groups is 2. The van der Waals surface area contributed by atoms with E-state index in [9.17, 15) is 14.7 Å². The molecule has 0 spiro atoms. The Morgan fingerprint density at radius 1 is 1.30 bits per heavy atom. The Bertz CT molecular complexity index is 536. The molecule has 106 valence electrons. The molecule has 1 N–H and O–H groups in total. The minimum Gasteiger partial charge on any atom is -0.481 e. The summed E-state index contributed by atoms with van der Waals surface area (Å²) in [6.07, 6.45) is 0. The summed E-state index contributed by atoms with van der Waals surface area (Å²) >= 11 is 0. The second-order valence-electron chi connectivity index (χ2n) is 5.29. The molecule has 0 radical (unpaired) electrons. The minimum absolute atomic E-state index is 0.0421. The van der Waals surface area contributed by atoms with Crippen LogP contribution in [0.3, 0.4) is 0 Å². The van der Waals surface area contributed by atoms with Crippen LogP contribution in [0.15, 0.2) is 24.3 Å². The Hall–Kier alpha value is -1.72. The molecule has 1 saturated heterocycles. The zero-order valence-corrected chi connectivity index (χ0v) is 11.1. The molecule has 1 aromatic rings. The number of carbonyl (C=O) groups excluding carboxylic acids is 1. The van der Waals surface area contributed by atoms with Gasteiger partial charge >= 0.3 is 5.97 Å². The molecule has 2 unspecified atom stereocenters. The number of rotatable bonds is 3. The number of ether oxygens (including phenoxy) is 1. The summed E-state index contributed by atoms with van der Waals surface area (Å²) in [6.45, 7) is 3.30. The van der Waals surface area contributed by atoms with E-state index in [1.54, 1.807) is 24.3 Å². The smallest absolute Gasteiger partial charge is 0.311 e.